The largest absolute Gasteiger partial charge is 0.545 e. The van der Waals surface area contributed by atoms with E-state index in [0.29, 0.717) is 39.4 Å². The van der Waals surface area contributed by atoms with Gasteiger partial charge in [-0.15, -0.1) is 0 Å². The number of carboxylic acids is 1. The molecular formula is C20H19N2O5-. The Morgan fingerprint density at radius 1 is 0.852 bits per heavy atom. The minimum atomic E-state index is -1.34. The van der Waals surface area contributed by atoms with Crippen molar-refractivity contribution >= 4 is 17.6 Å². The zero-order valence-electron chi connectivity index (χ0n) is 14.7. The Bertz CT molecular complexity index is 874. The van der Waals surface area contributed by atoms with Crippen molar-refractivity contribution in [1.29, 1.82) is 0 Å². The van der Waals surface area contributed by atoms with Crippen molar-refractivity contribution in [1.82, 2.24) is 4.90 Å². The molecule has 0 atom stereocenters. The molecule has 0 unspecified atom stereocenters. The number of amides is 1. The van der Waals surface area contributed by atoms with E-state index < -0.39 is 5.97 Å². The van der Waals surface area contributed by atoms with E-state index in [1.54, 1.807) is 17.0 Å². The van der Waals surface area contributed by atoms with Crippen LogP contribution in [0, 0.1) is 0 Å². The van der Waals surface area contributed by atoms with Crippen LogP contribution in [-0.4, -0.2) is 56.2 Å². The summed E-state index contributed by atoms with van der Waals surface area (Å²) in [5, 5.41) is 11.3. The molecule has 4 rings (SSSR count). The van der Waals surface area contributed by atoms with Gasteiger partial charge in [0.15, 0.2) is 11.5 Å². The van der Waals surface area contributed by atoms with E-state index in [9.17, 15) is 14.7 Å². The molecule has 27 heavy (non-hydrogen) atoms. The quantitative estimate of drug-likeness (QED) is 0.798. The number of piperazine rings is 1. The van der Waals surface area contributed by atoms with E-state index in [2.05, 4.69) is 4.90 Å². The summed E-state index contributed by atoms with van der Waals surface area (Å²) in [6, 6.07) is 12.0. The standard InChI is InChI=1S/C20H20N2O5/c23-19(15-3-1-2-4-16(15)20(24)25)22-9-7-21(8-10-22)14-5-6-17-18(13-14)27-12-11-26-17/h1-6,13H,7-12H2,(H,24,25)/p-1. The van der Waals surface area contributed by atoms with Crippen molar-refractivity contribution < 1.29 is 24.2 Å². The summed E-state index contributed by atoms with van der Waals surface area (Å²) >= 11 is 0. The number of carbonyl (C=O) groups is 2. The van der Waals surface area contributed by atoms with Crippen LogP contribution in [-0.2, 0) is 0 Å². The van der Waals surface area contributed by atoms with Gasteiger partial charge in [-0.1, -0.05) is 18.2 Å². The smallest absolute Gasteiger partial charge is 0.254 e. The third-order valence-corrected chi connectivity index (χ3v) is 4.84. The van der Waals surface area contributed by atoms with Crippen LogP contribution in [0.4, 0.5) is 5.69 Å². The average Bonchev–Trinajstić information content (AvgIpc) is 2.73. The summed E-state index contributed by atoms with van der Waals surface area (Å²) in [7, 11) is 0. The fourth-order valence-corrected chi connectivity index (χ4v) is 3.41. The second-order valence-corrected chi connectivity index (χ2v) is 6.44. The number of nitrogens with zero attached hydrogens (tertiary/aromatic N) is 2. The van der Waals surface area contributed by atoms with Crippen molar-refractivity contribution in [2.45, 2.75) is 0 Å². The van der Waals surface area contributed by atoms with Crippen LogP contribution < -0.4 is 19.5 Å². The van der Waals surface area contributed by atoms with E-state index in [1.165, 1.54) is 12.1 Å². The minimum absolute atomic E-state index is 0.0724. The first-order valence-electron chi connectivity index (χ1n) is 8.88. The Hall–Kier alpha value is -3.22. The number of carboxylic acid groups (broad SMARTS) is 1. The first-order valence-corrected chi connectivity index (χ1v) is 8.88. The molecule has 0 spiro atoms. The highest BCUT2D eigenvalue weighted by molar-refractivity contribution is 6.04. The summed E-state index contributed by atoms with van der Waals surface area (Å²) in [6.45, 7) is 3.41. The molecule has 0 N–H and O–H groups in total. The molecule has 0 aliphatic carbocycles. The molecule has 0 aromatic heterocycles. The monoisotopic (exact) mass is 367 g/mol. The number of anilines is 1. The number of aromatic carboxylic acids is 1. The topological polar surface area (TPSA) is 82.1 Å². The van der Waals surface area contributed by atoms with E-state index in [0.717, 1.165) is 17.2 Å². The number of rotatable bonds is 3. The van der Waals surface area contributed by atoms with Crippen molar-refractivity contribution in [2.75, 3.05) is 44.3 Å². The van der Waals surface area contributed by atoms with Crippen molar-refractivity contribution in [2.24, 2.45) is 0 Å². The third kappa shape index (κ3) is 3.40. The lowest BCUT2D eigenvalue weighted by atomic mass is 10.1. The molecular weight excluding hydrogens is 348 g/mol. The number of benzene rings is 2. The van der Waals surface area contributed by atoms with E-state index in [-0.39, 0.29) is 17.0 Å². The second-order valence-electron chi connectivity index (χ2n) is 6.44. The summed E-state index contributed by atoms with van der Waals surface area (Å²) in [4.78, 5) is 27.8. The van der Waals surface area contributed by atoms with E-state index in [4.69, 9.17) is 9.47 Å². The van der Waals surface area contributed by atoms with Gasteiger partial charge in [0.05, 0.1) is 5.97 Å². The van der Waals surface area contributed by atoms with Crippen molar-refractivity contribution in [3.8, 4) is 11.5 Å². The van der Waals surface area contributed by atoms with Crippen molar-refractivity contribution in [3.63, 3.8) is 0 Å². The molecule has 1 fully saturated rings. The number of carbonyl (C=O) groups excluding carboxylic acids is 2. The molecule has 7 nitrogen and oxygen atoms in total. The Labute approximate surface area is 156 Å². The summed E-state index contributed by atoms with van der Waals surface area (Å²) < 4.78 is 11.2. The van der Waals surface area contributed by atoms with Crippen LogP contribution in [0.15, 0.2) is 42.5 Å². The Morgan fingerprint density at radius 3 is 2.22 bits per heavy atom. The Morgan fingerprint density at radius 2 is 1.52 bits per heavy atom. The summed E-state index contributed by atoms with van der Waals surface area (Å²) in [5.41, 5.74) is 1.11. The highest BCUT2D eigenvalue weighted by Gasteiger charge is 2.25. The van der Waals surface area contributed by atoms with Crippen LogP contribution >= 0.6 is 0 Å². The molecule has 2 heterocycles. The molecule has 140 valence electrons. The third-order valence-electron chi connectivity index (χ3n) is 4.84. The zero-order valence-corrected chi connectivity index (χ0v) is 14.7. The fraction of sp³-hybridized carbons (Fsp3) is 0.300. The first kappa shape index (κ1) is 17.2. The van der Waals surface area contributed by atoms with Gasteiger partial charge in [0.1, 0.15) is 13.2 Å². The highest BCUT2D eigenvalue weighted by atomic mass is 16.6. The second kappa shape index (κ2) is 7.19. The average molecular weight is 367 g/mol. The number of fused-ring (bicyclic) bond motifs is 1. The maximum Gasteiger partial charge on any atom is 0.254 e. The molecule has 0 bridgehead atoms. The SMILES string of the molecule is O=C([O-])c1ccccc1C(=O)N1CCN(c2ccc3c(c2)OCCO3)CC1. The number of ether oxygens (including phenoxy) is 2. The van der Waals surface area contributed by atoms with Crippen molar-refractivity contribution in [3.05, 3.63) is 53.6 Å². The predicted molar refractivity (Wildman–Crippen MR) is 96.3 cm³/mol. The number of hydrogen-bond acceptors (Lipinski definition) is 6. The molecule has 0 radical (unpaired) electrons. The molecule has 0 saturated carbocycles. The first-order chi connectivity index (χ1) is 13.1. The minimum Gasteiger partial charge on any atom is -0.545 e. The maximum atomic E-state index is 12.7. The molecule has 1 amide bonds. The predicted octanol–water partition coefficient (Wildman–Crippen LogP) is 0.784. The van der Waals surface area contributed by atoms with Gasteiger partial charge in [0.2, 0.25) is 0 Å². The molecule has 2 aromatic rings. The summed E-state index contributed by atoms with van der Waals surface area (Å²) in [6.07, 6.45) is 0. The van der Waals surface area contributed by atoms with Gasteiger partial charge in [-0.05, 0) is 18.2 Å². The normalized spacial score (nSPS) is 16.1. The molecule has 1 saturated heterocycles. The van der Waals surface area contributed by atoms with Crippen LogP contribution in [0.5, 0.6) is 11.5 Å². The van der Waals surface area contributed by atoms with Gasteiger partial charge < -0.3 is 29.2 Å². The lowest BCUT2D eigenvalue weighted by Crippen LogP contribution is -2.49. The van der Waals surface area contributed by atoms with Gasteiger partial charge in [-0.3, -0.25) is 4.79 Å². The lowest BCUT2D eigenvalue weighted by Gasteiger charge is -2.36. The van der Waals surface area contributed by atoms with Crippen LogP contribution in [0.2, 0.25) is 0 Å². The van der Waals surface area contributed by atoms with Gasteiger partial charge in [-0.25, -0.2) is 0 Å². The Balaban J connectivity index is 1.45. The highest BCUT2D eigenvalue weighted by Crippen LogP contribution is 2.34. The van der Waals surface area contributed by atoms with Crippen LogP contribution in [0.1, 0.15) is 20.7 Å². The van der Waals surface area contributed by atoms with Gasteiger partial charge in [0, 0.05) is 49.1 Å². The fourth-order valence-electron chi connectivity index (χ4n) is 3.41. The lowest BCUT2D eigenvalue weighted by molar-refractivity contribution is -0.255. The van der Waals surface area contributed by atoms with Gasteiger partial charge in [-0.2, -0.15) is 0 Å². The molecule has 2 aromatic carbocycles. The van der Waals surface area contributed by atoms with E-state index >= 15 is 0 Å². The molecule has 2 aliphatic rings. The zero-order chi connectivity index (χ0) is 18.8. The maximum absolute atomic E-state index is 12.7. The van der Waals surface area contributed by atoms with Gasteiger partial charge >= 0.3 is 0 Å². The molecule has 2 aliphatic heterocycles. The van der Waals surface area contributed by atoms with Crippen LogP contribution in [0.25, 0.3) is 0 Å². The summed E-state index contributed by atoms with van der Waals surface area (Å²) in [5.74, 6) is -0.136. The molecule has 7 heteroatoms. The number of hydrogen-bond donors (Lipinski definition) is 0. The van der Waals surface area contributed by atoms with E-state index in [1.807, 2.05) is 18.2 Å². The van der Waals surface area contributed by atoms with Gasteiger partial charge in [0.25, 0.3) is 5.91 Å². The Kier molecular flexibility index (Phi) is 4.58. The van der Waals surface area contributed by atoms with Crippen LogP contribution in [0.3, 0.4) is 0 Å².